The van der Waals surface area contributed by atoms with Gasteiger partial charge in [-0.1, -0.05) is 72.8 Å². The smallest absolute Gasteiger partial charge is 0.250 e. The van der Waals surface area contributed by atoms with Gasteiger partial charge in [-0.05, 0) is 42.2 Å². The van der Waals surface area contributed by atoms with Crippen LogP contribution >= 0.6 is 0 Å². The van der Waals surface area contributed by atoms with Crippen LogP contribution in [0.5, 0.6) is 0 Å². The third kappa shape index (κ3) is 4.93. The van der Waals surface area contributed by atoms with Crippen LogP contribution in [0.15, 0.2) is 85.2 Å². The Kier molecular flexibility index (Phi) is 6.50. The molecule has 0 saturated heterocycles. The van der Waals surface area contributed by atoms with Crippen LogP contribution in [0.4, 0.5) is 23.0 Å². The lowest BCUT2D eigenvalue weighted by Crippen LogP contribution is -2.35. The van der Waals surface area contributed by atoms with Gasteiger partial charge in [0, 0.05) is 5.69 Å². The van der Waals surface area contributed by atoms with E-state index in [4.69, 9.17) is 5.73 Å². The Labute approximate surface area is 193 Å². The summed E-state index contributed by atoms with van der Waals surface area (Å²) in [6, 6.07) is 25.2. The molecule has 3 aromatic carbocycles. The molecule has 0 aliphatic rings. The first-order chi connectivity index (χ1) is 16.0. The highest BCUT2D eigenvalue weighted by Gasteiger charge is 2.23. The van der Waals surface area contributed by atoms with Gasteiger partial charge in [0.1, 0.15) is 12.0 Å². The number of hydrazine groups is 1. The maximum atomic E-state index is 13.2. The molecule has 166 valence electrons. The van der Waals surface area contributed by atoms with Crippen LogP contribution in [-0.2, 0) is 4.79 Å². The Morgan fingerprint density at radius 3 is 2.06 bits per heavy atom. The molecular weight excluding hydrogens is 412 g/mol. The van der Waals surface area contributed by atoms with Gasteiger partial charge in [0.15, 0.2) is 11.6 Å². The second kappa shape index (κ2) is 9.82. The van der Waals surface area contributed by atoms with Gasteiger partial charge in [-0.3, -0.25) is 15.6 Å². The Hall–Kier alpha value is -4.39. The van der Waals surface area contributed by atoms with E-state index in [-0.39, 0.29) is 5.91 Å². The predicted molar refractivity (Wildman–Crippen MR) is 132 cm³/mol. The van der Waals surface area contributed by atoms with E-state index < -0.39 is 5.92 Å². The summed E-state index contributed by atoms with van der Waals surface area (Å²) < 4.78 is 0. The SMILES string of the molecule is Cc1cccc(Nc2ncnc(NNC(=O)C(c3ccccc3)c3ccccc3)c2N)c1C. The van der Waals surface area contributed by atoms with Crippen molar-refractivity contribution >= 4 is 28.9 Å². The van der Waals surface area contributed by atoms with Gasteiger partial charge in [-0.25, -0.2) is 9.97 Å². The quantitative estimate of drug-likeness (QED) is 0.312. The third-order valence-corrected chi connectivity index (χ3v) is 5.57. The molecule has 1 heterocycles. The normalized spacial score (nSPS) is 10.6. The molecule has 0 aliphatic heterocycles. The Balaban J connectivity index is 1.54. The van der Waals surface area contributed by atoms with Crippen LogP contribution in [0, 0.1) is 13.8 Å². The second-order valence-corrected chi connectivity index (χ2v) is 7.73. The molecule has 5 N–H and O–H groups in total. The number of carbonyl (C=O) groups excluding carboxylic acids is 1. The van der Waals surface area contributed by atoms with Crippen molar-refractivity contribution in [2.75, 3.05) is 16.5 Å². The van der Waals surface area contributed by atoms with Crippen molar-refractivity contribution in [3.8, 4) is 0 Å². The lowest BCUT2D eigenvalue weighted by atomic mass is 9.91. The lowest BCUT2D eigenvalue weighted by Gasteiger charge is -2.19. The van der Waals surface area contributed by atoms with E-state index in [2.05, 4.69) is 26.1 Å². The number of hydrogen-bond donors (Lipinski definition) is 4. The summed E-state index contributed by atoms with van der Waals surface area (Å²) in [4.78, 5) is 21.7. The molecule has 0 aliphatic carbocycles. The molecule has 0 atom stereocenters. The van der Waals surface area contributed by atoms with E-state index in [0.717, 1.165) is 27.9 Å². The van der Waals surface area contributed by atoms with Gasteiger partial charge in [0.05, 0.1) is 5.92 Å². The molecule has 7 nitrogen and oxygen atoms in total. The maximum Gasteiger partial charge on any atom is 0.250 e. The first-order valence-corrected chi connectivity index (χ1v) is 10.6. The first kappa shape index (κ1) is 21.8. The summed E-state index contributed by atoms with van der Waals surface area (Å²) in [5.74, 6) is 0.0501. The van der Waals surface area contributed by atoms with E-state index in [1.54, 1.807) is 0 Å². The molecule has 0 bridgehead atoms. The number of carbonyl (C=O) groups is 1. The lowest BCUT2D eigenvalue weighted by molar-refractivity contribution is -0.121. The number of hydrogen-bond acceptors (Lipinski definition) is 6. The standard InChI is InChI=1S/C26H26N6O/c1-17-10-9-15-21(18(17)2)30-24-23(27)25(29-16-28-24)31-32-26(33)22(19-11-5-3-6-12-19)20-13-7-4-8-14-20/h3-16,22H,27H2,1-2H3,(H,32,33)(H2,28,29,30,31). The number of amides is 1. The first-order valence-electron chi connectivity index (χ1n) is 10.6. The monoisotopic (exact) mass is 438 g/mol. The maximum absolute atomic E-state index is 13.2. The highest BCUT2D eigenvalue weighted by atomic mass is 16.2. The molecule has 7 heteroatoms. The zero-order chi connectivity index (χ0) is 23.2. The van der Waals surface area contributed by atoms with Gasteiger partial charge < -0.3 is 11.1 Å². The predicted octanol–water partition coefficient (Wildman–Crippen LogP) is 4.69. The van der Waals surface area contributed by atoms with E-state index in [1.807, 2.05) is 92.7 Å². The fourth-order valence-corrected chi connectivity index (χ4v) is 3.59. The molecule has 4 rings (SSSR count). The van der Waals surface area contributed by atoms with Crippen LogP contribution in [0.1, 0.15) is 28.2 Å². The van der Waals surface area contributed by atoms with Crippen molar-refractivity contribution in [1.82, 2.24) is 15.4 Å². The largest absolute Gasteiger partial charge is 0.393 e. The number of aryl methyl sites for hydroxylation is 1. The van der Waals surface area contributed by atoms with Gasteiger partial charge in [0.2, 0.25) is 5.91 Å². The third-order valence-electron chi connectivity index (χ3n) is 5.57. The molecule has 1 amide bonds. The van der Waals surface area contributed by atoms with E-state index >= 15 is 0 Å². The topological polar surface area (TPSA) is 105 Å². The number of nitrogen functional groups attached to an aromatic ring is 1. The van der Waals surface area contributed by atoms with Crippen molar-refractivity contribution in [3.63, 3.8) is 0 Å². The van der Waals surface area contributed by atoms with Crippen LogP contribution in [0.25, 0.3) is 0 Å². The molecule has 4 aromatic rings. The molecular formula is C26H26N6O. The second-order valence-electron chi connectivity index (χ2n) is 7.73. The van der Waals surface area contributed by atoms with E-state index in [0.29, 0.717) is 17.3 Å². The molecule has 0 radical (unpaired) electrons. The van der Waals surface area contributed by atoms with E-state index in [9.17, 15) is 4.79 Å². The Morgan fingerprint density at radius 2 is 1.42 bits per heavy atom. The molecule has 0 unspecified atom stereocenters. The van der Waals surface area contributed by atoms with Gasteiger partial charge in [0.25, 0.3) is 0 Å². The summed E-state index contributed by atoms with van der Waals surface area (Å²) in [7, 11) is 0. The fraction of sp³-hybridized carbons (Fsp3) is 0.115. The summed E-state index contributed by atoms with van der Waals surface area (Å²) in [6.45, 7) is 4.07. The average molecular weight is 439 g/mol. The zero-order valence-electron chi connectivity index (χ0n) is 18.5. The van der Waals surface area contributed by atoms with Crippen molar-refractivity contribution in [1.29, 1.82) is 0 Å². The molecule has 33 heavy (non-hydrogen) atoms. The van der Waals surface area contributed by atoms with Crippen molar-refractivity contribution in [3.05, 3.63) is 107 Å². The number of rotatable bonds is 7. The molecule has 0 spiro atoms. The highest BCUT2D eigenvalue weighted by Crippen LogP contribution is 2.29. The minimum atomic E-state index is -0.490. The summed E-state index contributed by atoms with van der Waals surface area (Å²) in [5.41, 5.74) is 17.2. The van der Waals surface area contributed by atoms with Gasteiger partial charge in [-0.2, -0.15) is 0 Å². The molecule has 0 fully saturated rings. The van der Waals surface area contributed by atoms with Crippen molar-refractivity contribution < 1.29 is 4.79 Å². The average Bonchev–Trinajstić information content (AvgIpc) is 2.84. The van der Waals surface area contributed by atoms with Gasteiger partial charge >= 0.3 is 0 Å². The van der Waals surface area contributed by atoms with Crippen LogP contribution in [0.2, 0.25) is 0 Å². The van der Waals surface area contributed by atoms with Crippen molar-refractivity contribution in [2.45, 2.75) is 19.8 Å². The van der Waals surface area contributed by atoms with Crippen LogP contribution < -0.4 is 21.9 Å². The summed E-state index contributed by atoms with van der Waals surface area (Å²) in [5, 5.41) is 3.25. The zero-order valence-corrected chi connectivity index (χ0v) is 18.5. The highest BCUT2D eigenvalue weighted by molar-refractivity contribution is 5.89. The number of nitrogens with zero attached hydrogens (tertiary/aromatic N) is 2. The van der Waals surface area contributed by atoms with E-state index in [1.165, 1.54) is 6.33 Å². The minimum Gasteiger partial charge on any atom is -0.393 e. The van der Waals surface area contributed by atoms with Crippen LogP contribution in [0.3, 0.4) is 0 Å². The van der Waals surface area contributed by atoms with Crippen LogP contribution in [-0.4, -0.2) is 15.9 Å². The molecule has 1 aromatic heterocycles. The number of nitrogens with two attached hydrogens (primary N) is 1. The number of benzene rings is 3. The minimum absolute atomic E-state index is 0.227. The molecule has 0 saturated carbocycles. The summed E-state index contributed by atoms with van der Waals surface area (Å²) in [6.07, 6.45) is 1.39. The number of anilines is 4. The Morgan fingerprint density at radius 1 is 0.818 bits per heavy atom. The van der Waals surface area contributed by atoms with Gasteiger partial charge in [-0.15, -0.1) is 0 Å². The van der Waals surface area contributed by atoms with Crippen molar-refractivity contribution in [2.24, 2.45) is 0 Å². The number of nitrogens with one attached hydrogen (secondary N) is 3. The fourth-order valence-electron chi connectivity index (χ4n) is 3.59. The Bertz CT molecular complexity index is 1200. The summed E-state index contributed by atoms with van der Waals surface area (Å²) >= 11 is 0. The number of aromatic nitrogens is 2.